The quantitative estimate of drug-likeness (QED) is 0.892. The van der Waals surface area contributed by atoms with Gasteiger partial charge in [-0.25, -0.2) is 0 Å². The molecule has 0 fully saturated rings. The molecular weight excluding hydrogens is 308 g/mol. The standard InChI is InChI=1S/C14H21BrN2O2/c1-14(2,3)12(16)8-13(18)17-9-5-6-10(15)11(7-9)19-4/h5-7,12H,8,16H2,1-4H3,(H,17,18). The largest absolute Gasteiger partial charge is 0.495 e. The van der Waals surface area contributed by atoms with E-state index in [0.717, 1.165) is 4.47 Å². The van der Waals surface area contributed by atoms with E-state index >= 15 is 0 Å². The monoisotopic (exact) mass is 328 g/mol. The van der Waals surface area contributed by atoms with Crippen LogP contribution in [-0.4, -0.2) is 19.1 Å². The molecule has 0 aliphatic heterocycles. The van der Waals surface area contributed by atoms with Crippen LogP contribution in [0, 0.1) is 5.41 Å². The lowest BCUT2D eigenvalue weighted by Crippen LogP contribution is -2.38. The lowest BCUT2D eigenvalue weighted by atomic mass is 9.85. The number of rotatable bonds is 4. The van der Waals surface area contributed by atoms with Gasteiger partial charge in [0, 0.05) is 24.2 Å². The predicted octanol–water partition coefficient (Wildman–Crippen LogP) is 3.16. The maximum absolute atomic E-state index is 11.9. The number of ether oxygens (including phenoxy) is 1. The van der Waals surface area contributed by atoms with E-state index in [1.807, 2.05) is 32.9 Å². The number of nitrogens with one attached hydrogen (secondary N) is 1. The zero-order valence-corrected chi connectivity index (χ0v) is 13.4. The molecule has 3 N–H and O–H groups in total. The van der Waals surface area contributed by atoms with Crippen LogP contribution < -0.4 is 15.8 Å². The first-order chi connectivity index (χ1) is 8.74. The topological polar surface area (TPSA) is 64.3 Å². The summed E-state index contributed by atoms with van der Waals surface area (Å²) >= 11 is 3.37. The average Bonchev–Trinajstić information content (AvgIpc) is 2.30. The summed E-state index contributed by atoms with van der Waals surface area (Å²) in [7, 11) is 1.58. The Bertz CT molecular complexity index is 455. The first kappa shape index (κ1) is 16.0. The summed E-state index contributed by atoms with van der Waals surface area (Å²) in [6, 6.07) is 5.24. The van der Waals surface area contributed by atoms with Crippen LogP contribution in [0.25, 0.3) is 0 Å². The van der Waals surface area contributed by atoms with E-state index in [1.165, 1.54) is 0 Å². The molecule has 106 valence electrons. The zero-order valence-electron chi connectivity index (χ0n) is 11.8. The van der Waals surface area contributed by atoms with Crippen LogP contribution in [0.3, 0.4) is 0 Å². The van der Waals surface area contributed by atoms with Crippen LogP contribution in [0.2, 0.25) is 0 Å². The molecule has 1 amide bonds. The summed E-state index contributed by atoms with van der Waals surface area (Å²) in [4.78, 5) is 11.9. The highest BCUT2D eigenvalue weighted by atomic mass is 79.9. The van der Waals surface area contributed by atoms with Crippen LogP contribution in [0.15, 0.2) is 22.7 Å². The number of methoxy groups -OCH3 is 1. The van der Waals surface area contributed by atoms with E-state index in [9.17, 15) is 4.79 Å². The Morgan fingerprint density at radius 2 is 2.11 bits per heavy atom. The van der Waals surface area contributed by atoms with Crippen LogP contribution >= 0.6 is 15.9 Å². The maximum atomic E-state index is 11.9. The molecule has 0 aromatic heterocycles. The number of anilines is 1. The minimum absolute atomic E-state index is 0.0885. The molecule has 0 saturated carbocycles. The van der Waals surface area contributed by atoms with Gasteiger partial charge in [-0.3, -0.25) is 4.79 Å². The van der Waals surface area contributed by atoms with Gasteiger partial charge in [0.15, 0.2) is 0 Å². The maximum Gasteiger partial charge on any atom is 0.225 e. The van der Waals surface area contributed by atoms with Crippen molar-refractivity contribution in [2.24, 2.45) is 11.1 Å². The Hall–Kier alpha value is -1.07. The number of amides is 1. The van der Waals surface area contributed by atoms with Crippen molar-refractivity contribution in [3.8, 4) is 5.75 Å². The molecule has 19 heavy (non-hydrogen) atoms. The summed E-state index contributed by atoms with van der Waals surface area (Å²) in [5, 5.41) is 2.83. The Balaban J connectivity index is 2.67. The van der Waals surface area contributed by atoms with E-state index in [0.29, 0.717) is 17.9 Å². The number of carbonyl (C=O) groups excluding carboxylic acids is 1. The summed E-state index contributed by atoms with van der Waals surface area (Å²) < 4.78 is 6.03. The molecule has 0 aliphatic rings. The van der Waals surface area contributed by atoms with E-state index in [1.54, 1.807) is 13.2 Å². The van der Waals surface area contributed by atoms with Gasteiger partial charge in [0.1, 0.15) is 5.75 Å². The second-order valence-electron chi connectivity index (χ2n) is 5.57. The Kier molecular flexibility index (Phi) is 5.38. The van der Waals surface area contributed by atoms with Crippen molar-refractivity contribution in [2.45, 2.75) is 33.2 Å². The fourth-order valence-electron chi connectivity index (χ4n) is 1.46. The van der Waals surface area contributed by atoms with Gasteiger partial charge in [-0.15, -0.1) is 0 Å². The van der Waals surface area contributed by atoms with E-state index < -0.39 is 0 Å². The molecule has 1 rings (SSSR count). The predicted molar refractivity (Wildman–Crippen MR) is 81.4 cm³/mol. The van der Waals surface area contributed by atoms with Gasteiger partial charge in [-0.1, -0.05) is 20.8 Å². The van der Waals surface area contributed by atoms with Gasteiger partial charge >= 0.3 is 0 Å². The molecule has 0 aliphatic carbocycles. The molecule has 1 aromatic rings. The van der Waals surface area contributed by atoms with Crippen LogP contribution in [0.1, 0.15) is 27.2 Å². The van der Waals surface area contributed by atoms with Crippen molar-refractivity contribution in [3.63, 3.8) is 0 Å². The highest BCUT2D eigenvalue weighted by molar-refractivity contribution is 9.10. The van der Waals surface area contributed by atoms with Gasteiger partial charge in [0.2, 0.25) is 5.91 Å². The van der Waals surface area contributed by atoms with Gasteiger partial charge in [0.05, 0.1) is 11.6 Å². The fourth-order valence-corrected chi connectivity index (χ4v) is 1.86. The lowest BCUT2D eigenvalue weighted by Gasteiger charge is -2.26. The summed E-state index contributed by atoms with van der Waals surface area (Å²) in [5.41, 5.74) is 6.60. The number of nitrogens with two attached hydrogens (primary N) is 1. The smallest absolute Gasteiger partial charge is 0.225 e. The number of benzene rings is 1. The second kappa shape index (κ2) is 6.39. The Morgan fingerprint density at radius 1 is 1.47 bits per heavy atom. The molecule has 0 bridgehead atoms. The van der Waals surface area contributed by atoms with Crippen LogP contribution in [0.4, 0.5) is 5.69 Å². The molecule has 0 spiro atoms. The SMILES string of the molecule is COc1cc(NC(=O)CC(N)C(C)(C)C)ccc1Br. The first-order valence-corrected chi connectivity index (χ1v) is 6.92. The van der Waals surface area contributed by atoms with Crippen molar-refractivity contribution in [3.05, 3.63) is 22.7 Å². The summed E-state index contributed by atoms with van der Waals surface area (Å²) in [6.45, 7) is 6.06. The third-order valence-electron chi connectivity index (χ3n) is 2.95. The van der Waals surface area contributed by atoms with Gasteiger partial charge in [-0.2, -0.15) is 0 Å². The molecule has 0 saturated heterocycles. The van der Waals surface area contributed by atoms with Gasteiger partial charge in [0.25, 0.3) is 0 Å². The Labute approximate surface area is 122 Å². The van der Waals surface area contributed by atoms with Crippen molar-refractivity contribution >= 4 is 27.5 Å². The Morgan fingerprint density at radius 3 is 2.63 bits per heavy atom. The van der Waals surface area contributed by atoms with Crippen molar-refractivity contribution in [2.75, 3.05) is 12.4 Å². The number of carbonyl (C=O) groups is 1. The number of hydrogen-bond donors (Lipinski definition) is 2. The molecule has 4 nitrogen and oxygen atoms in total. The van der Waals surface area contributed by atoms with Crippen molar-refractivity contribution < 1.29 is 9.53 Å². The molecule has 1 aromatic carbocycles. The fraction of sp³-hybridized carbons (Fsp3) is 0.500. The highest BCUT2D eigenvalue weighted by Gasteiger charge is 2.23. The minimum atomic E-state index is -0.176. The summed E-state index contributed by atoms with van der Waals surface area (Å²) in [5.74, 6) is 0.588. The van der Waals surface area contributed by atoms with E-state index in [-0.39, 0.29) is 17.4 Å². The molecule has 0 heterocycles. The first-order valence-electron chi connectivity index (χ1n) is 6.13. The van der Waals surface area contributed by atoms with Gasteiger partial charge in [-0.05, 0) is 33.5 Å². The minimum Gasteiger partial charge on any atom is -0.495 e. The van der Waals surface area contributed by atoms with Gasteiger partial charge < -0.3 is 15.8 Å². The second-order valence-corrected chi connectivity index (χ2v) is 6.43. The van der Waals surface area contributed by atoms with Crippen LogP contribution in [0.5, 0.6) is 5.75 Å². The van der Waals surface area contributed by atoms with E-state index in [4.69, 9.17) is 10.5 Å². The zero-order chi connectivity index (χ0) is 14.6. The molecular formula is C14H21BrN2O2. The summed E-state index contributed by atoms with van der Waals surface area (Å²) in [6.07, 6.45) is 0.294. The number of halogens is 1. The van der Waals surface area contributed by atoms with Crippen LogP contribution in [-0.2, 0) is 4.79 Å². The number of hydrogen-bond acceptors (Lipinski definition) is 3. The molecule has 1 unspecified atom stereocenters. The third kappa shape index (κ3) is 4.84. The third-order valence-corrected chi connectivity index (χ3v) is 3.61. The molecule has 0 radical (unpaired) electrons. The normalized spacial score (nSPS) is 12.9. The van der Waals surface area contributed by atoms with E-state index in [2.05, 4.69) is 21.2 Å². The molecule has 1 atom stereocenters. The lowest BCUT2D eigenvalue weighted by molar-refractivity contribution is -0.117. The molecule has 5 heteroatoms. The van der Waals surface area contributed by atoms with Crippen molar-refractivity contribution in [1.29, 1.82) is 0 Å². The average molecular weight is 329 g/mol. The highest BCUT2D eigenvalue weighted by Crippen LogP contribution is 2.28. The van der Waals surface area contributed by atoms with Crippen molar-refractivity contribution in [1.82, 2.24) is 0 Å².